The van der Waals surface area contributed by atoms with E-state index in [4.69, 9.17) is 23.2 Å². The van der Waals surface area contributed by atoms with Gasteiger partial charge in [0, 0.05) is 27.7 Å². The molecule has 0 aliphatic heterocycles. The molecule has 0 bridgehead atoms. The van der Waals surface area contributed by atoms with Gasteiger partial charge in [-0.3, -0.25) is 0 Å². The van der Waals surface area contributed by atoms with E-state index in [0.29, 0.717) is 27.7 Å². The van der Waals surface area contributed by atoms with Crippen LogP contribution in [0, 0.1) is 5.82 Å². The highest BCUT2D eigenvalue weighted by Crippen LogP contribution is 2.32. The predicted molar refractivity (Wildman–Crippen MR) is 79.2 cm³/mol. The van der Waals surface area contributed by atoms with Gasteiger partial charge in [-0.2, -0.15) is 0 Å². The highest BCUT2D eigenvalue weighted by Gasteiger charge is 2.10. The van der Waals surface area contributed by atoms with Gasteiger partial charge in [0.25, 0.3) is 0 Å². The fourth-order valence-electron chi connectivity index (χ4n) is 1.87. The number of rotatable bonds is 4. The van der Waals surface area contributed by atoms with E-state index in [-0.39, 0.29) is 5.82 Å². The predicted octanol–water partition coefficient (Wildman–Crippen LogP) is 4.91. The van der Waals surface area contributed by atoms with Gasteiger partial charge in [-0.05, 0) is 36.4 Å². The summed E-state index contributed by atoms with van der Waals surface area (Å²) >= 11 is 12.0. The molecule has 0 amide bonds. The summed E-state index contributed by atoms with van der Waals surface area (Å²) in [6.45, 7) is 3.60. The van der Waals surface area contributed by atoms with Crippen LogP contribution in [-0.4, -0.2) is 6.54 Å². The molecule has 0 aromatic heterocycles. The van der Waals surface area contributed by atoms with Gasteiger partial charge >= 0.3 is 0 Å². The molecule has 0 aliphatic rings. The van der Waals surface area contributed by atoms with Gasteiger partial charge in [0.15, 0.2) is 0 Å². The Morgan fingerprint density at radius 3 is 2.53 bits per heavy atom. The Labute approximate surface area is 122 Å². The minimum Gasteiger partial charge on any atom is -0.313 e. The molecule has 100 valence electrons. The standard InChI is InChI=1S/C15H14Cl2FN/c1-2-19-9-10-3-6-15(18)13(7-10)12-5-4-11(16)8-14(12)17/h3-8,19H,2,9H2,1H3. The normalized spacial score (nSPS) is 10.7. The van der Waals surface area contributed by atoms with E-state index >= 15 is 0 Å². The summed E-state index contributed by atoms with van der Waals surface area (Å²) in [6, 6.07) is 10.1. The summed E-state index contributed by atoms with van der Waals surface area (Å²) in [5.74, 6) is -0.288. The molecule has 0 heterocycles. The van der Waals surface area contributed by atoms with E-state index < -0.39 is 0 Å². The maximum absolute atomic E-state index is 13.9. The van der Waals surface area contributed by atoms with Crippen LogP contribution in [0.4, 0.5) is 4.39 Å². The Kier molecular flexibility index (Phi) is 4.81. The summed E-state index contributed by atoms with van der Waals surface area (Å²) in [5.41, 5.74) is 2.17. The van der Waals surface area contributed by atoms with Gasteiger partial charge in [0.1, 0.15) is 5.82 Å². The first-order valence-electron chi connectivity index (χ1n) is 6.06. The number of nitrogens with one attached hydrogen (secondary N) is 1. The van der Waals surface area contributed by atoms with Gasteiger partial charge in [-0.25, -0.2) is 4.39 Å². The molecule has 2 rings (SSSR count). The Morgan fingerprint density at radius 2 is 1.84 bits per heavy atom. The third kappa shape index (κ3) is 3.47. The van der Waals surface area contributed by atoms with Crippen LogP contribution in [0.15, 0.2) is 36.4 Å². The molecule has 1 N–H and O–H groups in total. The molecule has 0 atom stereocenters. The van der Waals surface area contributed by atoms with Crippen molar-refractivity contribution in [3.8, 4) is 11.1 Å². The topological polar surface area (TPSA) is 12.0 Å². The first-order chi connectivity index (χ1) is 9.11. The average Bonchev–Trinajstić information content (AvgIpc) is 2.38. The molecule has 0 aliphatic carbocycles. The van der Waals surface area contributed by atoms with Crippen molar-refractivity contribution in [1.82, 2.24) is 5.32 Å². The highest BCUT2D eigenvalue weighted by atomic mass is 35.5. The number of halogens is 3. The zero-order valence-corrected chi connectivity index (χ0v) is 12.0. The minimum absolute atomic E-state index is 0.288. The van der Waals surface area contributed by atoms with Crippen molar-refractivity contribution in [3.63, 3.8) is 0 Å². The van der Waals surface area contributed by atoms with Crippen LogP contribution in [0.1, 0.15) is 12.5 Å². The number of benzene rings is 2. The molecule has 2 aromatic rings. The van der Waals surface area contributed by atoms with Crippen LogP contribution in [0.25, 0.3) is 11.1 Å². The van der Waals surface area contributed by atoms with Gasteiger partial charge in [-0.1, -0.05) is 42.3 Å². The molecule has 4 heteroatoms. The summed E-state index contributed by atoms with van der Waals surface area (Å²) in [5, 5.41) is 4.20. The monoisotopic (exact) mass is 297 g/mol. The van der Waals surface area contributed by atoms with E-state index in [2.05, 4.69) is 5.32 Å². The molecule has 19 heavy (non-hydrogen) atoms. The second-order valence-corrected chi connectivity index (χ2v) is 5.06. The van der Waals surface area contributed by atoms with E-state index in [9.17, 15) is 4.39 Å². The number of hydrogen-bond donors (Lipinski definition) is 1. The zero-order valence-electron chi connectivity index (χ0n) is 10.5. The van der Waals surface area contributed by atoms with Crippen LogP contribution in [-0.2, 0) is 6.54 Å². The first kappa shape index (κ1) is 14.3. The first-order valence-corrected chi connectivity index (χ1v) is 6.82. The maximum atomic E-state index is 13.9. The molecular formula is C15H14Cl2FN. The van der Waals surface area contributed by atoms with Crippen molar-refractivity contribution in [2.75, 3.05) is 6.54 Å². The minimum atomic E-state index is -0.288. The molecule has 0 fully saturated rings. The zero-order chi connectivity index (χ0) is 13.8. The van der Waals surface area contributed by atoms with E-state index in [0.717, 1.165) is 12.1 Å². The van der Waals surface area contributed by atoms with Crippen LogP contribution < -0.4 is 5.32 Å². The van der Waals surface area contributed by atoms with Crippen molar-refractivity contribution in [2.24, 2.45) is 0 Å². The Hall–Kier alpha value is -1.09. The van der Waals surface area contributed by atoms with Crippen LogP contribution >= 0.6 is 23.2 Å². The third-order valence-electron chi connectivity index (χ3n) is 2.83. The van der Waals surface area contributed by atoms with Crippen molar-refractivity contribution in [2.45, 2.75) is 13.5 Å². The second-order valence-electron chi connectivity index (χ2n) is 4.22. The largest absolute Gasteiger partial charge is 0.313 e. The van der Waals surface area contributed by atoms with Gasteiger partial charge in [0.05, 0.1) is 0 Å². The van der Waals surface area contributed by atoms with Crippen molar-refractivity contribution in [3.05, 3.63) is 57.8 Å². The van der Waals surface area contributed by atoms with Crippen LogP contribution in [0.5, 0.6) is 0 Å². The Balaban J connectivity index is 2.42. The van der Waals surface area contributed by atoms with Crippen LogP contribution in [0.2, 0.25) is 10.0 Å². The second kappa shape index (κ2) is 6.38. The third-order valence-corrected chi connectivity index (χ3v) is 3.38. The Morgan fingerprint density at radius 1 is 1.05 bits per heavy atom. The van der Waals surface area contributed by atoms with Crippen molar-refractivity contribution in [1.29, 1.82) is 0 Å². The lowest BCUT2D eigenvalue weighted by atomic mass is 10.0. The van der Waals surface area contributed by atoms with Gasteiger partial charge in [-0.15, -0.1) is 0 Å². The molecule has 0 saturated heterocycles. The summed E-state index contributed by atoms with van der Waals surface area (Å²) < 4.78 is 13.9. The molecular weight excluding hydrogens is 284 g/mol. The highest BCUT2D eigenvalue weighted by molar-refractivity contribution is 6.36. The lowest BCUT2D eigenvalue weighted by Gasteiger charge is -2.09. The summed E-state index contributed by atoms with van der Waals surface area (Å²) in [6.07, 6.45) is 0. The fourth-order valence-corrected chi connectivity index (χ4v) is 2.38. The van der Waals surface area contributed by atoms with E-state index in [1.165, 1.54) is 6.07 Å². The SMILES string of the molecule is CCNCc1ccc(F)c(-c2ccc(Cl)cc2Cl)c1. The number of hydrogen-bond acceptors (Lipinski definition) is 1. The Bertz CT molecular complexity index is 584. The van der Waals surface area contributed by atoms with Crippen molar-refractivity contribution < 1.29 is 4.39 Å². The molecule has 2 aromatic carbocycles. The quantitative estimate of drug-likeness (QED) is 0.845. The molecule has 0 unspecified atom stereocenters. The van der Waals surface area contributed by atoms with Gasteiger partial charge in [0.2, 0.25) is 0 Å². The van der Waals surface area contributed by atoms with E-state index in [1.807, 2.05) is 13.0 Å². The molecule has 0 saturated carbocycles. The summed E-state index contributed by atoms with van der Waals surface area (Å²) in [7, 11) is 0. The lowest BCUT2D eigenvalue weighted by Crippen LogP contribution is -2.11. The van der Waals surface area contributed by atoms with Crippen molar-refractivity contribution >= 4 is 23.2 Å². The van der Waals surface area contributed by atoms with Crippen LogP contribution in [0.3, 0.4) is 0 Å². The molecule has 1 nitrogen and oxygen atoms in total. The fraction of sp³-hybridized carbons (Fsp3) is 0.200. The molecule has 0 radical (unpaired) electrons. The average molecular weight is 298 g/mol. The molecule has 0 spiro atoms. The summed E-state index contributed by atoms with van der Waals surface area (Å²) in [4.78, 5) is 0. The lowest BCUT2D eigenvalue weighted by molar-refractivity contribution is 0.629. The smallest absolute Gasteiger partial charge is 0.131 e. The van der Waals surface area contributed by atoms with Gasteiger partial charge < -0.3 is 5.32 Å². The van der Waals surface area contributed by atoms with E-state index in [1.54, 1.807) is 24.3 Å². The maximum Gasteiger partial charge on any atom is 0.131 e.